The molecule has 5 heteroatoms. The molecule has 1 aliphatic rings. The lowest BCUT2D eigenvalue weighted by Gasteiger charge is -2.32. The van der Waals surface area contributed by atoms with Crippen molar-refractivity contribution in [2.45, 2.75) is 53.9 Å². The Bertz CT molecular complexity index is 1050. The summed E-state index contributed by atoms with van der Waals surface area (Å²) in [6.45, 7) is 10.7. The SMILES string of the molecule is COC(=O)c1cccc(O)c1NC(=O)/C=C(C)/C=C/C=C(C)/C=C/C1=C(C)CCCC1(C)C. The first-order valence-electron chi connectivity index (χ1n) is 11.2. The minimum absolute atomic E-state index is 0.0264. The Labute approximate surface area is 197 Å². The van der Waals surface area contributed by atoms with E-state index < -0.39 is 11.9 Å². The van der Waals surface area contributed by atoms with Crippen molar-refractivity contribution in [3.63, 3.8) is 0 Å². The van der Waals surface area contributed by atoms with Gasteiger partial charge in [0.25, 0.3) is 0 Å². The molecule has 0 heterocycles. The molecule has 1 aliphatic carbocycles. The average molecular weight is 450 g/mol. The van der Waals surface area contributed by atoms with Gasteiger partial charge < -0.3 is 15.2 Å². The Kier molecular flexibility index (Phi) is 9.03. The van der Waals surface area contributed by atoms with E-state index in [0.29, 0.717) is 0 Å². The maximum atomic E-state index is 12.4. The maximum Gasteiger partial charge on any atom is 0.340 e. The number of esters is 1. The molecule has 2 rings (SSSR count). The van der Waals surface area contributed by atoms with Crippen LogP contribution < -0.4 is 5.32 Å². The second kappa shape index (κ2) is 11.5. The first kappa shape index (κ1) is 25.9. The molecule has 0 spiro atoms. The van der Waals surface area contributed by atoms with E-state index in [1.807, 2.05) is 25.2 Å². The van der Waals surface area contributed by atoms with Gasteiger partial charge >= 0.3 is 5.97 Å². The molecule has 0 saturated heterocycles. The maximum absolute atomic E-state index is 12.4. The third-order valence-corrected chi connectivity index (χ3v) is 5.83. The third-order valence-electron chi connectivity index (χ3n) is 5.83. The van der Waals surface area contributed by atoms with Crippen LogP contribution in [-0.2, 0) is 9.53 Å². The molecule has 176 valence electrons. The molecule has 2 N–H and O–H groups in total. The number of ether oxygens (including phenoxy) is 1. The molecule has 5 nitrogen and oxygen atoms in total. The van der Waals surface area contributed by atoms with Crippen LogP contribution in [-0.4, -0.2) is 24.1 Å². The van der Waals surface area contributed by atoms with Crippen molar-refractivity contribution >= 4 is 17.6 Å². The van der Waals surface area contributed by atoms with Crippen LogP contribution in [0.4, 0.5) is 5.69 Å². The molecule has 1 aromatic carbocycles. The van der Waals surface area contributed by atoms with Gasteiger partial charge in [0.05, 0.1) is 18.4 Å². The largest absolute Gasteiger partial charge is 0.506 e. The number of carbonyl (C=O) groups is 2. The minimum atomic E-state index is -0.641. The highest BCUT2D eigenvalue weighted by Crippen LogP contribution is 2.40. The molecule has 0 bridgehead atoms. The predicted octanol–water partition coefficient (Wildman–Crippen LogP) is 6.65. The Morgan fingerprint density at radius 2 is 1.88 bits per heavy atom. The van der Waals surface area contributed by atoms with Crippen LogP contribution in [0, 0.1) is 5.41 Å². The number of aromatic hydroxyl groups is 1. The smallest absolute Gasteiger partial charge is 0.340 e. The monoisotopic (exact) mass is 449 g/mol. The lowest BCUT2D eigenvalue weighted by molar-refractivity contribution is -0.112. The van der Waals surface area contributed by atoms with Gasteiger partial charge in [-0.25, -0.2) is 4.79 Å². The number of allylic oxidation sites excluding steroid dienone is 9. The lowest BCUT2D eigenvalue weighted by atomic mass is 9.72. The highest BCUT2D eigenvalue weighted by molar-refractivity contribution is 6.06. The molecule has 0 saturated carbocycles. The van der Waals surface area contributed by atoms with E-state index in [1.165, 1.54) is 61.8 Å². The number of phenolic OH excluding ortho intramolecular Hbond substituents is 1. The molecule has 0 fully saturated rings. The number of methoxy groups -OCH3 is 1. The highest BCUT2D eigenvalue weighted by atomic mass is 16.5. The highest BCUT2D eigenvalue weighted by Gasteiger charge is 2.26. The van der Waals surface area contributed by atoms with Crippen molar-refractivity contribution in [1.29, 1.82) is 0 Å². The number of para-hydroxylation sites is 1. The number of carbonyl (C=O) groups excluding carboxylic acids is 2. The van der Waals surface area contributed by atoms with E-state index in [4.69, 9.17) is 4.74 Å². The number of rotatable bonds is 7. The molecule has 33 heavy (non-hydrogen) atoms. The van der Waals surface area contributed by atoms with Gasteiger partial charge in [0.2, 0.25) is 5.91 Å². The molecule has 0 atom stereocenters. The number of hydrogen-bond acceptors (Lipinski definition) is 4. The zero-order valence-electron chi connectivity index (χ0n) is 20.5. The number of nitrogens with one attached hydrogen (secondary N) is 1. The van der Waals surface area contributed by atoms with E-state index in [0.717, 1.165) is 11.1 Å². The quantitative estimate of drug-likeness (QED) is 0.211. The van der Waals surface area contributed by atoms with Crippen LogP contribution in [0.25, 0.3) is 0 Å². The van der Waals surface area contributed by atoms with Gasteiger partial charge in [-0.1, -0.05) is 61.4 Å². The van der Waals surface area contributed by atoms with Gasteiger partial charge in [-0.2, -0.15) is 0 Å². The van der Waals surface area contributed by atoms with Crippen molar-refractivity contribution < 1.29 is 19.4 Å². The van der Waals surface area contributed by atoms with Crippen LogP contribution >= 0.6 is 0 Å². The van der Waals surface area contributed by atoms with E-state index in [9.17, 15) is 14.7 Å². The summed E-state index contributed by atoms with van der Waals surface area (Å²) in [5.74, 6) is -1.30. The fourth-order valence-electron chi connectivity index (χ4n) is 4.00. The number of benzene rings is 1. The molecular formula is C28H35NO4. The number of anilines is 1. The Morgan fingerprint density at radius 1 is 1.15 bits per heavy atom. The second-order valence-corrected chi connectivity index (χ2v) is 9.10. The molecule has 0 radical (unpaired) electrons. The summed E-state index contributed by atoms with van der Waals surface area (Å²) >= 11 is 0. The first-order chi connectivity index (χ1) is 15.5. The van der Waals surface area contributed by atoms with Gasteiger partial charge in [0, 0.05) is 6.08 Å². The summed E-state index contributed by atoms with van der Waals surface area (Å²) in [5.41, 5.74) is 5.05. The minimum Gasteiger partial charge on any atom is -0.506 e. The van der Waals surface area contributed by atoms with Gasteiger partial charge in [0.15, 0.2) is 0 Å². The standard InChI is InChI=1S/C28H35NO4/c1-19(15-16-23-21(3)12-9-17-28(23,4)5)10-7-11-20(2)18-25(31)29-26-22(27(32)33-6)13-8-14-24(26)30/h7-8,10-11,13-16,18,30H,9,12,17H2,1-6H3,(H,29,31)/b11-7+,16-15+,19-10+,20-18+. The Balaban J connectivity index is 2.06. The van der Waals surface area contributed by atoms with Gasteiger partial charge in [-0.3, -0.25) is 4.79 Å². The van der Waals surface area contributed by atoms with Gasteiger partial charge in [-0.05, 0) is 68.7 Å². The molecule has 0 aliphatic heterocycles. The fraction of sp³-hybridized carbons (Fsp3) is 0.357. The summed E-state index contributed by atoms with van der Waals surface area (Å²) in [4.78, 5) is 24.3. The zero-order chi connectivity index (χ0) is 24.6. The second-order valence-electron chi connectivity index (χ2n) is 9.10. The third kappa shape index (κ3) is 7.35. The zero-order valence-corrected chi connectivity index (χ0v) is 20.5. The van der Waals surface area contributed by atoms with Crippen molar-refractivity contribution in [2.24, 2.45) is 5.41 Å². The topological polar surface area (TPSA) is 75.6 Å². The van der Waals surface area contributed by atoms with E-state index >= 15 is 0 Å². The predicted molar refractivity (Wildman–Crippen MR) is 134 cm³/mol. The molecular weight excluding hydrogens is 414 g/mol. The van der Waals surface area contributed by atoms with Crippen molar-refractivity contribution in [3.05, 3.63) is 82.5 Å². The number of phenols is 1. The van der Waals surface area contributed by atoms with Crippen LogP contribution in [0.1, 0.15) is 64.2 Å². The Morgan fingerprint density at radius 3 is 2.55 bits per heavy atom. The summed E-state index contributed by atoms with van der Waals surface area (Å²) < 4.78 is 4.70. The summed E-state index contributed by atoms with van der Waals surface area (Å²) in [6.07, 6.45) is 15.1. The summed E-state index contributed by atoms with van der Waals surface area (Å²) in [5, 5.41) is 12.6. The van der Waals surface area contributed by atoms with E-state index in [2.05, 4.69) is 38.2 Å². The van der Waals surface area contributed by atoms with E-state index in [-0.39, 0.29) is 22.4 Å². The van der Waals surface area contributed by atoms with E-state index in [1.54, 1.807) is 6.92 Å². The van der Waals surface area contributed by atoms with Crippen LogP contribution in [0.2, 0.25) is 0 Å². The number of hydrogen-bond donors (Lipinski definition) is 2. The Hall–Kier alpha value is -3.34. The first-order valence-corrected chi connectivity index (χ1v) is 11.2. The van der Waals surface area contributed by atoms with Crippen LogP contribution in [0.5, 0.6) is 5.75 Å². The molecule has 0 aromatic heterocycles. The van der Waals surface area contributed by atoms with Crippen molar-refractivity contribution in [1.82, 2.24) is 0 Å². The normalized spacial score (nSPS) is 17.0. The summed E-state index contributed by atoms with van der Waals surface area (Å²) in [6, 6.07) is 4.38. The fourth-order valence-corrected chi connectivity index (χ4v) is 4.00. The molecule has 0 unspecified atom stereocenters. The van der Waals surface area contributed by atoms with Gasteiger partial charge in [0.1, 0.15) is 5.75 Å². The molecule has 1 aromatic rings. The summed E-state index contributed by atoms with van der Waals surface area (Å²) in [7, 11) is 1.24. The lowest BCUT2D eigenvalue weighted by Crippen LogP contribution is -2.19. The van der Waals surface area contributed by atoms with Crippen molar-refractivity contribution in [2.75, 3.05) is 12.4 Å². The van der Waals surface area contributed by atoms with Crippen LogP contribution in [0.15, 0.2) is 76.9 Å². The van der Waals surface area contributed by atoms with Gasteiger partial charge in [-0.15, -0.1) is 0 Å². The van der Waals surface area contributed by atoms with Crippen molar-refractivity contribution in [3.8, 4) is 5.75 Å². The van der Waals surface area contributed by atoms with Crippen LogP contribution in [0.3, 0.4) is 0 Å². The average Bonchev–Trinajstić information content (AvgIpc) is 2.73. The molecule has 1 amide bonds. The number of amides is 1.